The largest absolute Gasteiger partial charge is 0.345 e. The summed E-state index contributed by atoms with van der Waals surface area (Å²) >= 11 is 0. The second-order valence-electron chi connectivity index (χ2n) is 9.03. The number of sulfonamides is 1. The van der Waals surface area contributed by atoms with Gasteiger partial charge < -0.3 is 5.32 Å². The lowest BCUT2D eigenvalue weighted by molar-refractivity contribution is 0.0932. The van der Waals surface area contributed by atoms with E-state index in [1.54, 1.807) is 24.3 Å². The molecule has 36 heavy (non-hydrogen) atoms. The maximum atomic E-state index is 12.9. The number of carbonyl (C=O) groups excluding carboxylic acids is 1. The SMILES string of the molecule is O=C(N[C@@H]1CCCc2ccccc21)c1ccc(-c2ccc(S(=O)(=O)NCc3ccccc3)cc2)cc1. The van der Waals surface area contributed by atoms with E-state index in [9.17, 15) is 13.2 Å². The molecule has 182 valence electrons. The number of benzene rings is 4. The first-order chi connectivity index (χ1) is 17.5. The van der Waals surface area contributed by atoms with Crippen LogP contribution < -0.4 is 10.0 Å². The van der Waals surface area contributed by atoms with Crippen LogP contribution in [-0.2, 0) is 23.0 Å². The highest BCUT2D eigenvalue weighted by Gasteiger charge is 2.22. The van der Waals surface area contributed by atoms with Gasteiger partial charge >= 0.3 is 0 Å². The van der Waals surface area contributed by atoms with Crippen LogP contribution in [0.1, 0.15) is 45.9 Å². The van der Waals surface area contributed by atoms with Crippen molar-refractivity contribution < 1.29 is 13.2 Å². The lowest BCUT2D eigenvalue weighted by atomic mass is 9.87. The van der Waals surface area contributed by atoms with Crippen molar-refractivity contribution in [2.75, 3.05) is 0 Å². The van der Waals surface area contributed by atoms with E-state index in [-0.39, 0.29) is 23.4 Å². The molecule has 1 aliphatic rings. The summed E-state index contributed by atoms with van der Waals surface area (Å²) in [4.78, 5) is 13.1. The van der Waals surface area contributed by atoms with E-state index in [4.69, 9.17) is 0 Å². The molecule has 0 aromatic heterocycles. The minimum absolute atomic E-state index is 0.0344. The molecule has 0 spiro atoms. The highest BCUT2D eigenvalue weighted by molar-refractivity contribution is 7.89. The van der Waals surface area contributed by atoms with Gasteiger partial charge in [0.25, 0.3) is 5.91 Å². The molecule has 1 aliphatic carbocycles. The van der Waals surface area contributed by atoms with Crippen molar-refractivity contribution in [2.45, 2.75) is 36.7 Å². The van der Waals surface area contributed by atoms with E-state index in [0.29, 0.717) is 5.56 Å². The van der Waals surface area contributed by atoms with Gasteiger partial charge in [-0.25, -0.2) is 13.1 Å². The molecule has 5 nitrogen and oxygen atoms in total. The van der Waals surface area contributed by atoms with Gasteiger partial charge in [-0.1, -0.05) is 78.9 Å². The number of hydrogen-bond acceptors (Lipinski definition) is 3. The zero-order valence-electron chi connectivity index (χ0n) is 19.9. The maximum Gasteiger partial charge on any atom is 0.251 e. The second-order valence-corrected chi connectivity index (χ2v) is 10.8. The summed E-state index contributed by atoms with van der Waals surface area (Å²) in [5.41, 5.74) is 5.81. The van der Waals surface area contributed by atoms with Gasteiger partial charge in [-0.05, 0) is 71.3 Å². The quantitative estimate of drug-likeness (QED) is 0.348. The zero-order chi connectivity index (χ0) is 25.0. The molecule has 6 heteroatoms. The molecule has 4 aromatic carbocycles. The zero-order valence-corrected chi connectivity index (χ0v) is 20.7. The van der Waals surface area contributed by atoms with Gasteiger partial charge in [0, 0.05) is 12.1 Å². The summed E-state index contributed by atoms with van der Waals surface area (Å²) in [6.45, 7) is 0.237. The minimum atomic E-state index is -3.61. The molecule has 0 radical (unpaired) electrons. The van der Waals surface area contributed by atoms with Crippen LogP contribution in [0, 0.1) is 0 Å². The molecule has 1 atom stereocenters. The van der Waals surface area contributed by atoms with Crippen molar-refractivity contribution in [3.05, 3.63) is 125 Å². The molecule has 0 aliphatic heterocycles. The van der Waals surface area contributed by atoms with Crippen LogP contribution in [0.5, 0.6) is 0 Å². The Hall–Kier alpha value is -3.74. The third kappa shape index (κ3) is 5.40. The number of nitrogens with one attached hydrogen (secondary N) is 2. The van der Waals surface area contributed by atoms with Gasteiger partial charge in [0.1, 0.15) is 0 Å². The Morgan fingerprint density at radius 1 is 0.778 bits per heavy atom. The standard InChI is InChI=1S/C30H28N2O3S/c33-30(32-29-12-6-10-25-9-4-5-11-28(25)29)26-15-13-23(14-16-26)24-17-19-27(20-18-24)36(34,35)31-21-22-7-2-1-3-8-22/h1-5,7-9,11,13-20,29,31H,6,10,12,21H2,(H,32,33)/t29-/m1/s1. The second kappa shape index (κ2) is 10.5. The summed E-state index contributed by atoms with van der Waals surface area (Å²) in [5.74, 6) is -0.0887. The Morgan fingerprint density at radius 3 is 2.14 bits per heavy atom. The molecule has 2 N–H and O–H groups in total. The van der Waals surface area contributed by atoms with Crippen LogP contribution in [0.4, 0.5) is 0 Å². The molecular formula is C30H28N2O3S. The molecule has 0 bridgehead atoms. The highest BCUT2D eigenvalue weighted by Crippen LogP contribution is 2.30. The number of hydrogen-bond donors (Lipinski definition) is 2. The Bertz CT molecular complexity index is 1450. The third-order valence-corrected chi connectivity index (χ3v) is 8.05. The van der Waals surface area contributed by atoms with Crippen molar-refractivity contribution in [3.63, 3.8) is 0 Å². The Labute approximate surface area is 212 Å². The lowest BCUT2D eigenvalue weighted by Gasteiger charge is -2.26. The van der Waals surface area contributed by atoms with Crippen LogP contribution in [0.25, 0.3) is 11.1 Å². The summed E-state index contributed by atoms with van der Waals surface area (Å²) in [7, 11) is -3.61. The van der Waals surface area contributed by atoms with Gasteiger partial charge in [0.15, 0.2) is 0 Å². The number of amides is 1. The molecule has 0 saturated heterocycles. The van der Waals surface area contributed by atoms with E-state index in [1.807, 2.05) is 66.7 Å². The molecule has 1 amide bonds. The first kappa shape index (κ1) is 24.0. The van der Waals surface area contributed by atoms with E-state index in [0.717, 1.165) is 36.0 Å². The summed E-state index contributed by atoms with van der Waals surface area (Å²) in [6.07, 6.45) is 3.06. The fraction of sp³-hybridized carbons (Fsp3) is 0.167. The summed E-state index contributed by atoms with van der Waals surface area (Å²) in [6, 6.07) is 31.9. The van der Waals surface area contributed by atoms with E-state index >= 15 is 0 Å². The Kier molecular flexibility index (Phi) is 6.98. The van der Waals surface area contributed by atoms with Gasteiger partial charge in [0.05, 0.1) is 10.9 Å². The molecule has 0 saturated carbocycles. The van der Waals surface area contributed by atoms with E-state index < -0.39 is 10.0 Å². The molecule has 0 fully saturated rings. The predicted octanol–water partition coefficient (Wildman–Crippen LogP) is 5.64. The normalized spacial score (nSPS) is 15.2. The van der Waals surface area contributed by atoms with Crippen LogP contribution >= 0.6 is 0 Å². The van der Waals surface area contributed by atoms with Gasteiger partial charge in [-0.3, -0.25) is 4.79 Å². The van der Waals surface area contributed by atoms with Gasteiger partial charge in [-0.15, -0.1) is 0 Å². The van der Waals surface area contributed by atoms with Crippen molar-refractivity contribution in [3.8, 4) is 11.1 Å². The van der Waals surface area contributed by atoms with Gasteiger partial charge in [-0.2, -0.15) is 0 Å². The first-order valence-corrected chi connectivity index (χ1v) is 13.6. The third-order valence-electron chi connectivity index (χ3n) is 6.63. The topological polar surface area (TPSA) is 75.3 Å². The monoisotopic (exact) mass is 496 g/mol. The molecule has 0 heterocycles. The Balaban J connectivity index is 1.24. The molecule has 5 rings (SSSR count). The smallest absolute Gasteiger partial charge is 0.251 e. The Morgan fingerprint density at radius 2 is 1.42 bits per heavy atom. The van der Waals surface area contributed by atoms with Crippen molar-refractivity contribution in [1.82, 2.24) is 10.0 Å². The average Bonchev–Trinajstić information content (AvgIpc) is 2.93. The highest BCUT2D eigenvalue weighted by atomic mass is 32.2. The van der Waals surface area contributed by atoms with Crippen LogP contribution in [-0.4, -0.2) is 14.3 Å². The fourth-order valence-corrected chi connectivity index (χ4v) is 5.66. The number of rotatable bonds is 7. The lowest BCUT2D eigenvalue weighted by Crippen LogP contribution is -2.30. The molecule has 4 aromatic rings. The number of aryl methyl sites for hydroxylation is 1. The van der Waals surface area contributed by atoms with E-state index in [1.165, 1.54) is 11.1 Å². The van der Waals surface area contributed by atoms with Crippen LogP contribution in [0.15, 0.2) is 108 Å². The number of fused-ring (bicyclic) bond motifs is 1. The van der Waals surface area contributed by atoms with Crippen LogP contribution in [0.3, 0.4) is 0 Å². The molecule has 0 unspecified atom stereocenters. The molecular weight excluding hydrogens is 468 g/mol. The van der Waals surface area contributed by atoms with Crippen molar-refractivity contribution in [1.29, 1.82) is 0 Å². The maximum absolute atomic E-state index is 12.9. The van der Waals surface area contributed by atoms with Crippen molar-refractivity contribution >= 4 is 15.9 Å². The minimum Gasteiger partial charge on any atom is -0.345 e. The summed E-state index contributed by atoms with van der Waals surface area (Å²) in [5, 5.41) is 3.19. The summed E-state index contributed by atoms with van der Waals surface area (Å²) < 4.78 is 28.0. The average molecular weight is 497 g/mol. The fourth-order valence-electron chi connectivity index (χ4n) is 4.64. The van der Waals surface area contributed by atoms with Gasteiger partial charge in [0.2, 0.25) is 10.0 Å². The predicted molar refractivity (Wildman–Crippen MR) is 142 cm³/mol. The van der Waals surface area contributed by atoms with Crippen molar-refractivity contribution in [2.24, 2.45) is 0 Å². The van der Waals surface area contributed by atoms with E-state index in [2.05, 4.69) is 22.2 Å². The van der Waals surface area contributed by atoms with Crippen LogP contribution in [0.2, 0.25) is 0 Å². The first-order valence-electron chi connectivity index (χ1n) is 12.1. The number of carbonyl (C=O) groups is 1.